The first-order valence-corrected chi connectivity index (χ1v) is 11.0. The molecule has 0 bridgehead atoms. The molecule has 7 nitrogen and oxygen atoms in total. The Labute approximate surface area is 199 Å². The molecular formula is C25H22F3N5O2. The fraction of sp³-hybridized carbons (Fsp3) is 0.240. The molecular weight excluding hydrogens is 459 g/mol. The summed E-state index contributed by atoms with van der Waals surface area (Å²) >= 11 is 0. The van der Waals surface area contributed by atoms with Crippen LogP contribution in [-0.2, 0) is 12.1 Å². The fourth-order valence-electron chi connectivity index (χ4n) is 4.29. The van der Waals surface area contributed by atoms with E-state index in [0.29, 0.717) is 24.5 Å². The van der Waals surface area contributed by atoms with Crippen LogP contribution >= 0.6 is 0 Å². The molecule has 1 aliphatic heterocycles. The number of ether oxygens (including phenoxy) is 1. The SMILES string of the molecule is COc1cc(C=Cc2nc3n(n2)CCC[C@]3(O)c2cc(F)c(F)c(F)c2)ccc1-n1cnc(C)c1. The number of nitrogens with zero attached hydrogens (tertiary/aromatic N) is 5. The Kier molecular flexibility index (Phi) is 5.68. The maximum absolute atomic E-state index is 13.9. The number of hydrogen-bond acceptors (Lipinski definition) is 5. The monoisotopic (exact) mass is 481 g/mol. The lowest BCUT2D eigenvalue weighted by molar-refractivity contribution is 0.0387. The number of fused-ring (bicyclic) bond motifs is 1. The van der Waals surface area contributed by atoms with Crippen LogP contribution in [0.15, 0.2) is 42.9 Å². The largest absolute Gasteiger partial charge is 0.495 e. The van der Waals surface area contributed by atoms with Gasteiger partial charge in [0.2, 0.25) is 0 Å². The third-order valence-corrected chi connectivity index (χ3v) is 6.05. The second kappa shape index (κ2) is 8.70. The van der Waals surface area contributed by atoms with Crippen molar-refractivity contribution in [2.45, 2.75) is 31.9 Å². The van der Waals surface area contributed by atoms with Crippen LogP contribution in [0.2, 0.25) is 0 Å². The summed E-state index contributed by atoms with van der Waals surface area (Å²) in [6.07, 6.45) is 7.75. The Morgan fingerprint density at radius 1 is 1.11 bits per heavy atom. The summed E-state index contributed by atoms with van der Waals surface area (Å²) in [6.45, 7) is 2.39. The van der Waals surface area contributed by atoms with Crippen LogP contribution in [0.3, 0.4) is 0 Å². The van der Waals surface area contributed by atoms with E-state index in [4.69, 9.17) is 4.74 Å². The number of imidazole rings is 1. The molecule has 0 saturated heterocycles. The van der Waals surface area contributed by atoms with Gasteiger partial charge < -0.3 is 14.4 Å². The van der Waals surface area contributed by atoms with Crippen LogP contribution in [0.1, 0.15) is 41.3 Å². The van der Waals surface area contributed by atoms with Crippen molar-refractivity contribution >= 4 is 12.2 Å². The van der Waals surface area contributed by atoms with Gasteiger partial charge in [-0.25, -0.2) is 27.8 Å². The normalized spacial score (nSPS) is 17.7. The molecule has 35 heavy (non-hydrogen) atoms. The van der Waals surface area contributed by atoms with Crippen molar-refractivity contribution in [3.05, 3.63) is 88.8 Å². The van der Waals surface area contributed by atoms with E-state index < -0.39 is 23.1 Å². The van der Waals surface area contributed by atoms with E-state index in [1.807, 2.05) is 35.9 Å². The van der Waals surface area contributed by atoms with E-state index in [1.54, 1.807) is 25.6 Å². The van der Waals surface area contributed by atoms with Gasteiger partial charge in [0.25, 0.3) is 0 Å². The van der Waals surface area contributed by atoms with E-state index in [0.717, 1.165) is 29.1 Å². The summed E-state index contributed by atoms with van der Waals surface area (Å²) in [4.78, 5) is 8.66. The Balaban J connectivity index is 1.45. The van der Waals surface area contributed by atoms with Gasteiger partial charge in [-0.3, -0.25) is 0 Å². The Morgan fingerprint density at radius 3 is 2.57 bits per heavy atom. The molecule has 0 aliphatic carbocycles. The first kappa shape index (κ1) is 22.9. The smallest absolute Gasteiger partial charge is 0.194 e. The zero-order valence-corrected chi connectivity index (χ0v) is 19.0. The maximum Gasteiger partial charge on any atom is 0.194 e. The van der Waals surface area contributed by atoms with Gasteiger partial charge >= 0.3 is 0 Å². The molecule has 5 rings (SSSR count). The van der Waals surface area contributed by atoms with Crippen LogP contribution in [0.5, 0.6) is 5.75 Å². The predicted molar refractivity (Wildman–Crippen MR) is 122 cm³/mol. The Morgan fingerprint density at radius 2 is 1.89 bits per heavy atom. The van der Waals surface area contributed by atoms with Gasteiger partial charge in [-0.15, -0.1) is 0 Å². The van der Waals surface area contributed by atoms with E-state index >= 15 is 0 Å². The number of aliphatic hydroxyl groups is 1. The molecule has 1 N–H and O–H groups in total. The van der Waals surface area contributed by atoms with Crippen molar-refractivity contribution in [3.8, 4) is 11.4 Å². The topological polar surface area (TPSA) is 78.0 Å². The summed E-state index contributed by atoms with van der Waals surface area (Å²) in [5.41, 5.74) is 0.656. The lowest BCUT2D eigenvalue weighted by atomic mass is 9.86. The molecule has 180 valence electrons. The van der Waals surface area contributed by atoms with E-state index in [-0.39, 0.29) is 17.8 Å². The van der Waals surface area contributed by atoms with Crippen molar-refractivity contribution in [1.29, 1.82) is 0 Å². The van der Waals surface area contributed by atoms with Crippen molar-refractivity contribution in [3.63, 3.8) is 0 Å². The maximum atomic E-state index is 13.9. The Bertz CT molecular complexity index is 1420. The minimum Gasteiger partial charge on any atom is -0.495 e. The summed E-state index contributed by atoms with van der Waals surface area (Å²) in [5, 5.41) is 15.7. The van der Waals surface area contributed by atoms with E-state index in [9.17, 15) is 18.3 Å². The third kappa shape index (κ3) is 4.10. The van der Waals surface area contributed by atoms with Gasteiger partial charge in [0.05, 0.1) is 24.8 Å². The number of aryl methyl sites for hydroxylation is 2. The van der Waals surface area contributed by atoms with Crippen molar-refractivity contribution in [1.82, 2.24) is 24.3 Å². The molecule has 0 spiro atoms. The quantitative estimate of drug-likeness (QED) is 0.428. The number of hydrogen-bond donors (Lipinski definition) is 1. The van der Waals surface area contributed by atoms with Crippen LogP contribution in [-0.4, -0.2) is 36.5 Å². The van der Waals surface area contributed by atoms with Crippen LogP contribution in [0.4, 0.5) is 13.2 Å². The lowest BCUT2D eigenvalue weighted by Crippen LogP contribution is -2.36. The van der Waals surface area contributed by atoms with Gasteiger partial charge in [-0.1, -0.05) is 12.1 Å². The highest BCUT2D eigenvalue weighted by molar-refractivity contribution is 5.69. The first-order chi connectivity index (χ1) is 16.8. The number of aromatic nitrogens is 5. The lowest BCUT2D eigenvalue weighted by Gasteiger charge is -2.31. The number of benzene rings is 2. The first-order valence-electron chi connectivity index (χ1n) is 11.0. The van der Waals surface area contributed by atoms with Crippen LogP contribution in [0, 0.1) is 24.4 Å². The highest BCUT2D eigenvalue weighted by Crippen LogP contribution is 2.37. The minimum atomic E-state index is -1.79. The van der Waals surface area contributed by atoms with Gasteiger partial charge in [0.15, 0.2) is 29.1 Å². The molecule has 1 aliphatic rings. The molecule has 2 aromatic heterocycles. The molecule has 0 unspecified atom stereocenters. The summed E-state index contributed by atoms with van der Waals surface area (Å²) in [7, 11) is 1.59. The average Bonchev–Trinajstić information content (AvgIpc) is 3.47. The second-order valence-corrected chi connectivity index (χ2v) is 8.42. The zero-order valence-electron chi connectivity index (χ0n) is 19.0. The highest BCUT2D eigenvalue weighted by Gasteiger charge is 2.40. The van der Waals surface area contributed by atoms with E-state index in [1.165, 1.54) is 4.68 Å². The molecule has 10 heteroatoms. The number of rotatable bonds is 5. The van der Waals surface area contributed by atoms with Gasteiger partial charge in [0, 0.05) is 12.7 Å². The molecule has 0 saturated carbocycles. The van der Waals surface area contributed by atoms with Crippen molar-refractivity contribution in [2.24, 2.45) is 0 Å². The summed E-state index contributed by atoms with van der Waals surface area (Å²) in [5.74, 6) is -3.20. The van der Waals surface area contributed by atoms with Gasteiger partial charge in [0.1, 0.15) is 11.4 Å². The molecule has 1 atom stereocenters. The zero-order chi connectivity index (χ0) is 24.7. The third-order valence-electron chi connectivity index (χ3n) is 6.05. The molecule has 0 amide bonds. The minimum absolute atomic E-state index is 0.104. The molecule has 4 aromatic rings. The number of methoxy groups -OCH3 is 1. The summed E-state index contributed by atoms with van der Waals surface area (Å²) < 4.78 is 50.1. The fourth-order valence-corrected chi connectivity index (χ4v) is 4.29. The highest BCUT2D eigenvalue weighted by atomic mass is 19.2. The summed E-state index contributed by atoms with van der Waals surface area (Å²) in [6, 6.07) is 7.26. The molecule has 0 radical (unpaired) electrons. The average molecular weight is 481 g/mol. The molecule has 3 heterocycles. The van der Waals surface area contributed by atoms with Crippen molar-refractivity contribution < 1.29 is 23.0 Å². The van der Waals surface area contributed by atoms with Crippen LogP contribution < -0.4 is 4.74 Å². The van der Waals surface area contributed by atoms with E-state index in [2.05, 4.69) is 15.1 Å². The predicted octanol–water partition coefficient (Wildman–Crippen LogP) is 4.40. The van der Waals surface area contributed by atoms with Gasteiger partial charge in [-0.2, -0.15) is 5.10 Å². The Hall–Kier alpha value is -3.92. The standard InChI is InChI=1S/C25H22F3N5O2/c1-15-13-32(14-29-15)20-6-4-16(10-21(20)35-2)5-7-22-30-24-25(34,8-3-9-33(24)31-22)17-11-18(26)23(28)19(27)12-17/h4-7,10-14,34H,3,8-9H2,1-2H3/t25-/m0/s1. The van der Waals surface area contributed by atoms with Crippen molar-refractivity contribution in [2.75, 3.05) is 7.11 Å². The second-order valence-electron chi connectivity index (χ2n) is 8.42. The number of halogens is 3. The van der Waals surface area contributed by atoms with Gasteiger partial charge in [-0.05, 0) is 61.2 Å². The molecule has 2 aromatic carbocycles. The molecule has 0 fully saturated rings. The van der Waals surface area contributed by atoms with Crippen LogP contribution in [0.25, 0.3) is 17.8 Å².